The van der Waals surface area contributed by atoms with Crippen LogP contribution in [0.4, 0.5) is 11.4 Å². The van der Waals surface area contributed by atoms with E-state index in [0.717, 1.165) is 12.3 Å². The second-order valence-corrected chi connectivity index (χ2v) is 4.62. The van der Waals surface area contributed by atoms with Crippen molar-refractivity contribution in [3.05, 3.63) is 45.0 Å². The molecule has 0 spiro atoms. The van der Waals surface area contributed by atoms with E-state index in [1.54, 1.807) is 17.9 Å². The highest BCUT2D eigenvalue weighted by Gasteiger charge is 2.18. The molecule has 0 saturated carbocycles. The lowest BCUT2D eigenvalue weighted by Crippen LogP contribution is -2.14. The molecule has 0 fully saturated rings. The standard InChI is InChI=1S/C12H12ClN5O3/c1-3-9-10(6-17(2)16-9)15-12(19)8-4-7(18(20)21)5-14-11(8)13/h4-6H,3H2,1-2H3,(H,15,19). The molecular formula is C12H12ClN5O3. The van der Waals surface area contributed by atoms with Crippen molar-refractivity contribution in [3.63, 3.8) is 0 Å². The van der Waals surface area contributed by atoms with Gasteiger partial charge in [0.1, 0.15) is 11.3 Å². The zero-order valence-corrected chi connectivity index (χ0v) is 12.1. The van der Waals surface area contributed by atoms with E-state index in [0.29, 0.717) is 17.8 Å². The Hall–Kier alpha value is -2.48. The minimum atomic E-state index is -0.637. The van der Waals surface area contributed by atoms with Gasteiger partial charge in [0.05, 0.1) is 21.9 Å². The van der Waals surface area contributed by atoms with Gasteiger partial charge in [-0.2, -0.15) is 5.10 Å². The van der Waals surface area contributed by atoms with Crippen molar-refractivity contribution < 1.29 is 9.72 Å². The summed E-state index contributed by atoms with van der Waals surface area (Å²) in [6.45, 7) is 1.90. The molecule has 2 aromatic rings. The van der Waals surface area contributed by atoms with E-state index in [1.807, 2.05) is 6.92 Å². The zero-order valence-electron chi connectivity index (χ0n) is 11.3. The Morgan fingerprint density at radius 2 is 2.29 bits per heavy atom. The smallest absolute Gasteiger partial charge is 0.288 e. The number of hydrogen-bond donors (Lipinski definition) is 1. The van der Waals surface area contributed by atoms with Crippen molar-refractivity contribution in [2.24, 2.45) is 7.05 Å². The summed E-state index contributed by atoms with van der Waals surface area (Å²) in [5.41, 5.74) is 0.885. The number of aromatic nitrogens is 3. The minimum Gasteiger partial charge on any atom is -0.319 e. The molecule has 0 aromatic carbocycles. The van der Waals surface area contributed by atoms with Crippen molar-refractivity contribution >= 4 is 28.9 Å². The lowest BCUT2D eigenvalue weighted by molar-refractivity contribution is -0.385. The number of amides is 1. The number of rotatable bonds is 4. The normalized spacial score (nSPS) is 10.4. The molecule has 8 nitrogen and oxygen atoms in total. The number of hydrogen-bond acceptors (Lipinski definition) is 5. The van der Waals surface area contributed by atoms with Crippen molar-refractivity contribution in [2.45, 2.75) is 13.3 Å². The van der Waals surface area contributed by atoms with Gasteiger partial charge in [0.25, 0.3) is 11.6 Å². The van der Waals surface area contributed by atoms with Gasteiger partial charge in [-0.15, -0.1) is 0 Å². The van der Waals surface area contributed by atoms with Crippen LogP contribution < -0.4 is 5.32 Å². The quantitative estimate of drug-likeness (QED) is 0.529. The Balaban J connectivity index is 2.31. The Morgan fingerprint density at radius 3 is 2.90 bits per heavy atom. The van der Waals surface area contributed by atoms with Crippen LogP contribution in [-0.2, 0) is 13.5 Å². The van der Waals surface area contributed by atoms with Crippen LogP contribution >= 0.6 is 11.6 Å². The fraction of sp³-hybridized carbons (Fsp3) is 0.250. The maximum Gasteiger partial charge on any atom is 0.288 e. The maximum absolute atomic E-state index is 12.2. The Kier molecular flexibility index (Phi) is 4.18. The van der Waals surface area contributed by atoms with Gasteiger partial charge < -0.3 is 5.32 Å². The van der Waals surface area contributed by atoms with Gasteiger partial charge in [0.2, 0.25) is 0 Å². The number of halogens is 1. The number of aryl methyl sites for hydroxylation is 2. The third-order valence-corrected chi connectivity index (χ3v) is 3.07. The van der Waals surface area contributed by atoms with Crippen LogP contribution in [0.25, 0.3) is 0 Å². The van der Waals surface area contributed by atoms with Gasteiger partial charge >= 0.3 is 0 Å². The first-order chi connectivity index (χ1) is 9.92. The van der Waals surface area contributed by atoms with Crippen molar-refractivity contribution in [2.75, 3.05) is 5.32 Å². The third-order valence-electron chi connectivity index (χ3n) is 2.77. The molecule has 9 heteroatoms. The maximum atomic E-state index is 12.2. The van der Waals surface area contributed by atoms with Crippen LogP contribution in [0.15, 0.2) is 18.5 Å². The first-order valence-corrected chi connectivity index (χ1v) is 6.44. The summed E-state index contributed by atoms with van der Waals surface area (Å²) in [5.74, 6) is -0.570. The highest BCUT2D eigenvalue weighted by molar-refractivity contribution is 6.33. The highest BCUT2D eigenvalue weighted by Crippen LogP contribution is 2.21. The van der Waals surface area contributed by atoms with E-state index in [4.69, 9.17) is 11.6 Å². The summed E-state index contributed by atoms with van der Waals surface area (Å²) in [7, 11) is 1.73. The molecule has 0 bridgehead atoms. The Labute approximate surface area is 124 Å². The SMILES string of the molecule is CCc1nn(C)cc1NC(=O)c1cc([N+](=O)[O-])cnc1Cl. The first-order valence-electron chi connectivity index (χ1n) is 6.06. The number of pyridine rings is 1. The largest absolute Gasteiger partial charge is 0.319 e. The summed E-state index contributed by atoms with van der Waals surface area (Å²) in [4.78, 5) is 25.9. The van der Waals surface area contributed by atoms with Gasteiger partial charge in [-0.3, -0.25) is 19.6 Å². The molecule has 1 amide bonds. The molecule has 2 heterocycles. The molecule has 0 atom stereocenters. The van der Waals surface area contributed by atoms with E-state index in [2.05, 4.69) is 15.4 Å². The van der Waals surface area contributed by atoms with Crippen molar-refractivity contribution in [1.82, 2.24) is 14.8 Å². The number of carbonyl (C=O) groups is 1. The fourth-order valence-corrected chi connectivity index (χ4v) is 1.98. The fourth-order valence-electron chi connectivity index (χ4n) is 1.79. The van der Waals surface area contributed by atoms with Crippen LogP contribution in [0.5, 0.6) is 0 Å². The lowest BCUT2D eigenvalue weighted by atomic mass is 10.2. The van der Waals surface area contributed by atoms with Gasteiger partial charge in [0, 0.05) is 19.3 Å². The molecule has 0 aliphatic carbocycles. The van der Waals surface area contributed by atoms with Crippen LogP contribution in [0.1, 0.15) is 23.0 Å². The molecule has 0 saturated heterocycles. The summed E-state index contributed by atoms with van der Waals surface area (Å²) in [6.07, 6.45) is 3.29. The predicted octanol–water partition coefficient (Wildman–Crippen LogP) is 2.19. The molecule has 0 aliphatic heterocycles. The highest BCUT2D eigenvalue weighted by atomic mass is 35.5. The molecule has 110 valence electrons. The Bertz CT molecular complexity index is 713. The lowest BCUT2D eigenvalue weighted by Gasteiger charge is -2.05. The van der Waals surface area contributed by atoms with Crippen LogP contribution in [0.2, 0.25) is 5.15 Å². The summed E-state index contributed by atoms with van der Waals surface area (Å²) >= 11 is 5.83. The second-order valence-electron chi connectivity index (χ2n) is 4.26. The van der Waals surface area contributed by atoms with Crippen molar-refractivity contribution in [1.29, 1.82) is 0 Å². The zero-order chi connectivity index (χ0) is 15.6. The van der Waals surface area contributed by atoms with Gasteiger partial charge in [-0.1, -0.05) is 18.5 Å². The first kappa shape index (κ1) is 14.9. The van der Waals surface area contributed by atoms with Gasteiger partial charge in [-0.25, -0.2) is 4.98 Å². The number of nitrogens with one attached hydrogen (secondary N) is 1. The number of carbonyl (C=O) groups excluding carboxylic acids is 1. The van der Waals surface area contributed by atoms with Gasteiger partial charge in [0.15, 0.2) is 0 Å². The van der Waals surface area contributed by atoms with E-state index in [-0.39, 0.29) is 16.4 Å². The number of nitro groups is 1. The monoisotopic (exact) mass is 309 g/mol. The molecule has 2 aromatic heterocycles. The van der Waals surface area contributed by atoms with Crippen LogP contribution in [0, 0.1) is 10.1 Å². The van der Waals surface area contributed by atoms with E-state index >= 15 is 0 Å². The Morgan fingerprint density at radius 1 is 1.57 bits per heavy atom. The molecule has 0 radical (unpaired) electrons. The summed E-state index contributed by atoms with van der Waals surface area (Å²) in [5, 5.41) is 17.5. The number of nitrogens with zero attached hydrogens (tertiary/aromatic N) is 4. The summed E-state index contributed by atoms with van der Waals surface area (Å²) < 4.78 is 1.57. The molecular weight excluding hydrogens is 298 g/mol. The topological polar surface area (TPSA) is 103 Å². The van der Waals surface area contributed by atoms with Crippen LogP contribution in [0.3, 0.4) is 0 Å². The second kappa shape index (κ2) is 5.88. The van der Waals surface area contributed by atoms with E-state index < -0.39 is 10.8 Å². The minimum absolute atomic E-state index is 0.0585. The summed E-state index contributed by atoms with van der Waals surface area (Å²) in [6, 6.07) is 1.09. The van der Waals surface area contributed by atoms with Gasteiger partial charge in [-0.05, 0) is 6.42 Å². The molecule has 0 aliphatic rings. The van der Waals surface area contributed by atoms with E-state index in [1.165, 1.54) is 0 Å². The van der Waals surface area contributed by atoms with E-state index in [9.17, 15) is 14.9 Å². The van der Waals surface area contributed by atoms with Crippen molar-refractivity contribution in [3.8, 4) is 0 Å². The predicted molar refractivity (Wildman–Crippen MR) is 76.4 cm³/mol. The molecule has 0 unspecified atom stereocenters. The molecule has 21 heavy (non-hydrogen) atoms. The molecule has 1 N–H and O–H groups in total. The van der Waals surface area contributed by atoms with Crippen LogP contribution in [-0.4, -0.2) is 25.6 Å². The average molecular weight is 310 g/mol. The molecule has 2 rings (SSSR count). The number of anilines is 1. The average Bonchev–Trinajstić information content (AvgIpc) is 2.78. The third kappa shape index (κ3) is 3.16.